The van der Waals surface area contributed by atoms with Gasteiger partial charge in [0.05, 0.1) is 4.90 Å². The number of hydrogen-bond donors (Lipinski definition) is 2. The number of sulfonamides is 1. The van der Waals surface area contributed by atoms with Crippen molar-refractivity contribution in [2.45, 2.75) is 38.4 Å². The van der Waals surface area contributed by atoms with Crippen LogP contribution in [0.15, 0.2) is 27.9 Å². The van der Waals surface area contributed by atoms with E-state index in [4.69, 9.17) is 5.73 Å². The number of hydrogen-bond acceptors (Lipinski definition) is 4. The van der Waals surface area contributed by atoms with Crippen molar-refractivity contribution in [3.05, 3.63) is 39.8 Å². The Hall–Kier alpha value is -1.15. The molecule has 0 bridgehead atoms. The number of rotatable bonds is 6. The van der Waals surface area contributed by atoms with Gasteiger partial charge in [0.1, 0.15) is 0 Å². The van der Waals surface area contributed by atoms with Gasteiger partial charge in [0, 0.05) is 31.5 Å². The predicted octanol–water partition coefficient (Wildman–Crippen LogP) is 1.82. The molecule has 7 heteroatoms. The number of nitrogens with zero attached hydrogens (tertiary/aromatic N) is 1. The average Bonchev–Trinajstić information content (AvgIpc) is 3.02. The van der Waals surface area contributed by atoms with Crippen LogP contribution in [0.5, 0.6) is 0 Å². The molecule has 0 aromatic carbocycles. The van der Waals surface area contributed by atoms with Gasteiger partial charge in [-0.1, -0.05) is 0 Å². The molecule has 0 aliphatic rings. The van der Waals surface area contributed by atoms with Crippen LogP contribution in [0.4, 0.5) is 0 Å². The zero-order valence-corrected chi connectivity index (χ0v) is 13.2. The van der Waals surface area contributed by atoms with Gasteiger partial charge in [0.15, 0.2) is 0 Å². The SMILES string of the molecule is CCn1cc(S(=O)(=O)NCc2cscc2C)cc1CN. The van der Waals surface area contributed by atoms with Crippen molar-refractivity contribution in [3.63, 3.8) is 0 Å². The molecule has 2 aromatic heterocycles. The Bertz CT molecular complexity index is 665. The van der Waals surface area contributed by atoms with Gasteiger partial charge in [-0.25, -0.2) is 13.1 Å². The molecule has 0 aliphatic carbocycles. The van der Waals surface area contributed by atoms with Crippen LogP contribution in [0.3, 0.4) is 0 Å². The summed E-state index contributed by atoms with van der Waals surface area (Å²) in [7, 11) is -3.50. The van der Waals surface area contributed by atoms with E-state index in [1.54, 1.807) is 23.6 Å². The molecule has 2 aromatic rings. The predicted molar refractivity (Wildman–Crippen MR) is 81.1 cm³/mol. The van der Waals surface area contributed by atoms with E-state index in [2.05, 4.69) is 4.72 Å². The third-order valence-corrected chi connectivity index (χ3v) is 5.51. The molecule has 0 aliphatic heterocycles. The van der Waals surface area contributed by atoms with E-state index in [1.807, 2.05) is 29.2 Å². The maximum Gasteiger partial charge on any atom is 0.242 e. The highest BCUT2D eigenvalue weighted by molar-refractivity contribution is 7.89. The van der Waals surface area contributed by atoms with Crippen molar-refractivity contribution in [1.29, 1.82) is 0 Å². The monoisotopic (exact) mass is 313 g/mol. The first kappa shape index (κ1) is 15.2. The van der Waals surface area contributed by atoms with Gasteiger partial charge in [0.25, 0.3) is 0 Å². The van der Waals surface area contributed by atoms with Crippen molar-refractivity contribution in [3.8, 4) is 0 Å². The molecule has 2 rings (SSSR count). The minimum atomic E-state index is -3.50. The van der Waals surface area contributed by atoms with Crippen LogP contribution >= 0.6 is 11.3 Å². The highest BCUT2D eigenvalue weighted by Gasteiger charge is 2.17. The van der Waals surface area contributed by atoms with Crippen molar-refractivity contribution in [1.82, 2.24) is 9.29 Å². The zero-order chi connectivity index (χ0) is 14.8. The first-order chi connectivity index (χ1) is 9.47. The van der Waals surface area contributed by atoms with Crippen molar-refractivity contribution >= 4 is 21.4 Å². The lowest BCUT2D eigenvalue weighted by Crippen LogP contribution is -2.23. The van der Waals surface area contributed by atoms with Crippen LogP contribution in [0.1, 0.15) is 23.7 Å². The van der Waals surface area contributed by atoms with E-state index < -0.39 is 10.0 Å². The second kappa shape index (κ2) is 6.09. The Balaban J connectivity index is 2.18. The minimum absolute atomic E-state index is 0.271. The molecule has 0 saturated carbocycles. The van der Waals surface area contributed by atoms with E-state index in [0.29, 0.717) is 19.6 Å². The molecule has 0 saturated heterocycles. The van der Waals surface area contributed by atoms with Crippen LogP contribution < -0.4 is 10.5 Å². The number of aromatic nitrogens is 1. The van der Waals surface area contributed by atoms with Gasteiger partial charge in [-0.2, -0.15) is 11.3 Å². The largest absolute Gasteiger partial charge is 0.349 e. The number of nitrogens with two attached hydrogens (primary N) is 1. The van der Waals surface area contributed by atoms with E-state index in [0.717, 1.165) is 16.8 Å². The van der Waals surface area contributed by atoms with Gasteiger partial charge in [-0.3, -0.25) is 0 Å². The molecule has 0 atom stereocenters. The number of thiophene rings is 1. The molecular weight excluding hydrogens is 294 g/mol. The van der Waals surface area contributed by atoms with E-state index in [1.165, 1.54) is 0 Å². The van der Waals surface area contributed by atoms with Gasteiger partial charge in [-0.15, -0.1) is 0 Å². The van der Waals surface area contributed by atoms with Crippen LogP contribution in [-0.2, 0) is 29.7 Å². The Morgan fingerprint density at radius 3 is 2.65 bits per heavy atom. The van der Waals surface area contributed by atoms with Crippen molar-refractivity contribution < 1.29 is 8.42 Å². The maximum atomic E-state index is 12.3. The average molecular weight is 313 g/mol. The first-order valence-corrected chi connectivity index (χ1v) is 8.81. The molecule has 0 spiro atoms. The fraction of sp³-hybridized carbons (Fsp3) is 0.385. The van der Waals surface area contributed by atoms with Gasteiger partial charge >= 0.3 is 0 Å². The topological polar surface area (TPSA) is 77.1 Å². The normalized spacial score (nSPS) is 11.9. The Labute approximate surface area is 123 Å². The van der Waals surface area contributed by atoms with E-state index in [9.17, 15) is 8.42 Å². The summed E-state index contributed by atoms with van der Waals surface area (Å²) in [5.41, 5.74) is 8.55. The van der Waals surface area contributed by atoms with Crippen molar-refractivity contribution in [2.24, 2.45) is 5.73 Å². The molecule has 0 unspecified atom stereocenters. The van der Waals surface area contributed by atoms with Crippen molar-refractivity contribution in [2.75, 3.05) is 0 Å². The smallest absolute Gasteiger partial charge is 0.242 e. The third-order valence-electron chi connectivity index (χ3n) is 3.24. The lowest BCUT2D eigenvalue weighted by Gasteiger charge is -2.04. The Kier molecular flexibility index (Phi) is 4.64. The first-order valence-electron chi connectivity index (χ1n) is 6.38. The molecule has 110 valence electrons. The standard InChI is InChI=1S/C13H19N3O2S2/c1-3-16-7-13(4-12(16)5-14)20(17,18)15-6-11-9-19-8-10(11)2/h4,7-9,15H,3,5-6,14H2,1-2H3. The Morgan fingerprint density at radius 1 is 1.40 bits per heavy atom. The fourth-order valence-electron chi connectivity index (χ4n) is 1.96. The van der Waals surface area contributed by atoms with Gasteiger partial charge in [0.2, 0.25) is 10.0 Å². The highest BCUT2D eigenvalue weighted by Crippen LogP contribution is 2.17. The zero-order valence-electron chi connectivity index (χ0n) is 11.6. The molecule has 20 heavy (non-hydrogen) atoms. The summed E-state index contributed by atoms with van der Waals surface area (Å²) in [5.74, 6) is 0. The number of aryl methyl sites for hydroxylation is 2. The second-order valence-electron chi connectivity index (χ2n) is 4.56. The molecule has 3 N–H and O–H groups in total. The molecule has 5 nitrogen and oxygen atoms in total. The lowest BCUT2D eigenvalue weighted by molar-refractivity contribution is 0.581. The van der Waals surface area contributed by atoms with Crippen LogP contribution in [0.25, 0.3) is 0 Å². The highest BCUT2D eigenvalue weighted by atomic mass is 32.2. The fourth-order valence-corrected chi connectivity index (χ4v) is 3.89. The minimum Gasteiger partial charge on any atom is -0.349 e. The Morgan fingerprint density at radius 2 is 2.15 bits per heavy atom. The summed E-state index contributed by atoms with van der Waals surface area (Å²) in [5, 5.41) is 3.96. The lowest BCUT2D eigenvalue weighted by atomic mass is 10.2. The summed E-state index contributed by atoms with van der Waals surface area (Å²) < 4.78 is 29.0. The van der Waals surface area contributed by atoms with Gasteiger partial charge < -0.3 is 10.3 Å². The van der Waals surface area contributed by atoms with Crippen LogP contribution in [0.2, 0.25) is 0 Å². The summed E-state index contributed by atoms with van der Waals surface area (Å²) >= 11 is 1.57. The van der Waals surface area contributed by atoms with E-state index >= 15 is 0 Å². The van der Waals surface area contributed by atoms with Crippen LogP contribution in [0, 0.1) is 6.92 Å². The molecule has 0 amide bonds. The number of nitrogens with one attached hydrogen (secondary N) is 1. The van der Waals surface area contributed by atoms with Gasteiger partial charge in [-0.05, 0) is 41.8 Å². The molecule has 0 radical (unpaired) electrons. The summed E-state index contributed by atoms with van der Waals surface area (Å²) in [6.45, 7) is 5.27. The summed E-state index contributed by atoms with van der Waals surface area (Å²) in [6, 6.07) is 1.63. The molecule has 0 fully saturated rings. The summed E-state index contributed by atoms with van der Waals surface area (Å²) in [6.07, 6.45) is 1.63. The van der Waals surface area contributed by atoms with Crippen LogP contribution in [-0.4, -0.2) is 13.0 Å². The van der Waals surface area contributed by atoms with E-state index in [-0.39, 0.29) is 4.90 Å². The summed E-state index contributed by atoms with van der Waals surface area (Å²) in [4.78, 5) is 0.271. The third kappa shape index (κ3) is 3.12. The second-order valence-corrected chi connectivity index (χ2v) is 7.07. The molecule has 2 heterocycles. The maximum absolute atomic E-state index is 12.3. The quantitative estimate of drug-likeness (QED) is 0.854. The molecular formula is C13H19N3O2S2.